The first-order chi connectivity index (χ1) is 11.3. The van der Waals surface area contributed by atoms with E-state index in [0.717, 1.165) is 38.2 Å². The van der Waals surface area contributed by atoms with Gasteiger partial charge < -0.3 is 9.84 Å². The molecule has 0 atom stereocenters. The maximum Gasteiger partial charge on any atom is 0.119 e. The molecule has 0 unspecified atom stereocenters. The Balaban J connectivity index is 1.65. The lowest BCUT2D eigenvalue weighted by molar-refractivity contribution is 0.0974. The van der Waals surface area contributed by atoms with E-state index in [4.69, 9.17) is 4.74 Å². The van der Waals surface area contributed by atoms with E-state index in [1.54, 1.807) is 7.11 Å². The molecule has 2 aromatic rings. The number of likely N-dealkylation sites (tertiary alicyclic amines) is 1. The quantitative estimate of drug-likeness (QED) is 0.920. The minimum Gasteiger partial charge on any atom is -0.497 e. The second-order valence-electron chi connectivity index (χ2n) is 6.43. The van der Waals surface area contributed by atoms with Crippen LogP contribution in [-0.2, 0) is 12.0 Å². The van der Waals surface area contributed by atoms with Gasteiger partial charge in [-0.05, 0) is 49.2 Å². The van der Waals surface area contributed by atoms with Gasteiger partial charge in [-0.2, -0.15) is 0 Å². The van der Waals surface area contributed by atoms with E-state index in [-0.39, 0.29) is 12.0 Å². The molecular formula is C20H25NO2. The molecule has 1 fully saturated rings. The second kappa shape index (κ2) is 7.16. The monoisotopic (exact) mass is 311 g/mol. The summed E-state index contributed by atoms with van der Waals surface area (Å²) in [5, 5.41) is 10.0. The Morgan fingerprint density at radius 2 is 1.78 bits per heavy atom. The maximum absolute atomic E-state index is 10.0. The van der Waals surface area contributed by atoms with Gasteiger partial charge >= 0.3 is 0 Å². The molecule has 1 heterocycles. The van der Waals surface area contributed by atoms with Crippen molar-refractivity contribution in [2.75, 3.05) is 26.8 Å². The lowest BCUT2D eigenvalue weighted by Crippen LogP contribution is -2.44. The predicted molar refractivity (Wildman–Crippen MR) is 92.7 cm³/mol. The number of benzene rings is 2. The SMILES string of the molecule is COc1cccc(CN2CCC(CO)(c3ccccc3)CC2)c1. The fourth-order valence-electron chi connectivity index (χ4n) is 3.50. The normalized spacial score (nSPS) is 17.8. The summed E-state index contributed by atoms with van der Waals surface area (Å²) >= 11 is 0. The van der Waals surface area contributed by atoms with Crippen LogP contribution in [0.15, 0.2) is 54.6 Å². The van der Waals surface area contributed by atoms with Crippen LogP contribution in [0.1, 0.15) is 24.0 Å². The standard InChI is InChI=1S/C20H25NO2/c1-23-19-9-5-6-17(14-19)15-21-12-10-20(16-22,11-13-21)18-7-3-2-4-8-18/h2-9,14,22H,10-13,15-16H2,1H3. The van der Waals surface area contributed by atoms with Gasteiger partial charge in [0, 0.05) is 12.0 Å². The second-order valence-corrected chi connectivity index (χ2v) is 6.43. The van der Waals surface area contributed by atoms with Crippen molar-refractivity contribution < 1.29 is 9.84 Å². The highest BCUT2D eigenvalue weighted by Gasteiger charge is 2.35. The van der Waals surface area contributed by atoms with Crippen LogP contribution in [0.2, 0.25) is 0 Å². The Morgan fingerprint density at radius 3 is 2.43 bits per heavy atom. The number of ether oxygens (including phenoxy) is 1. The van der Waals surface area contributed by atoms with Crippen molar-refractivity contribution in [3.05, 3.63) is 65.7 Å². The Bertz CT molecular complexity index is 619. The molecule has 0 radical (unpaired) electrons. The van der Waals surface area contributed by atoms with Crippen LogP contribution >= 0.6 is 0 Å². The zero-order valence-corrected chi connectivity index (χ0v) is 13.7. The summed E-state index contributed by atoms with van der Waals surface area (Å²) in [6, 6.07) is 18.7. The lowest BCUT2D eigenvalue weighted by Gasteiger charge is -2.41. The predicted octanol–water partition coefficient (Wildman–Crippen LogP) is 3.22. The zero-order valence-electron chi connectivity index (χ0n) is 13.7. The number of nitrogens with zero attached hydrogens (tertiary/aromatic N) is 1. The van der Waals surface area contributed by atoms with Crippen LogP contribution in [0.3, 0.4) is 0 Å². The van der Waals surface area contributed by atoms with Gasteiger partial charge in [0.05, 0.1) is 13.7 Å². The maximum atomic E-state index is 10.0. The zero-order chi connectivity index (χ0) is 16.1. The fraction of sp³-hybridized carbons (Fsp3) is 0.400. The van der Waals surface area contributed by atoms with Gasteiger partial charge in [0.1, 0.15) is 5.75 Å². The summed E-state index contributed by atoms with van der Waals surface area (Å²) in [6.07, 6.45) is 2.00. The van der Waals surface area contributed by atoms with Crippen molar-refractivity contribution >= 4 is 0 Å². The van der Waals surface area contributed by atoms with Crippen molar-refractivity contribution in [3.8, 4) is 5.75 Å². The summed E-state index contributed by atoms with van der Waals surface area (Å²) in [6.45, 7) is 3.18. The van der Waals surface area contributed by atoms with Gasteiger partial charge in [-0.15, -0.1) is 0 Å². The van der Waals surface area contributed by atoms with Crippen molar-refractivity contribution in [2.45, 2.75) is 24.8 Å². The van der Waals surface area contributed by atoms with E-state index in [2.05, 4.69) is 41.3 Å². The lowest BCUT2D eigenvalue weighted by atomic mass is 9.73. The molecule has 1 aliphatic rings. The third-order valence-electron chi connectivity index (χ3n) is 5.04. The summed E-state index contributed by atoms with van der Waals surface area (Å²) in [5.41, 5.74) is 2.47. The molecule has 1 N–H and O–H groups in total. The number of hydrogen-bond acceptors (Lipinski definition) is 3. The molecule has 1 saturated heterocycles. The van der Waals surface area contributed by atoms with Crippen LogP contribution in [0.5, 0.6) is 5.75 Å². The molecule has 0 saturated carbocycles. The van der Waals surface area contributed by atoms with E-state index in [1.807, 2.05) is 18.2 Å². The van der Waals surface area contributed by atoms with Gasteiger partial charge in [0.25, 0.3) is 0 Å². The number of piperidine rings is 1. The minimum atomic E-state index is -0.0772. The minimum absolute atomic E-state index is 0.0772. The molecule has 3 rings (SSSR count). The van der Waals surface area contributed by atoms with Crippen LogP contribution in [0, 0.1) is 0 Å². The van der Waals surface area contributed by atoms with Gasteiger partial charge in [0.2, 0.25) is 0 Å². The van der Waals surface area contributed by atoms with Crippen molar-refractivity contribution in [2.24, 2.45) is 0 Å². The first kappa shape index (κ1) is 16.0. The van der Waals surface area contributed by atoms with Crippen molar-refractivity contribution in [3.63, 3.8) is 0 Å². The molecule has 3 nitrogen and oxygen atoms in total. The largest absolute Gasteiger partial charge is 0.497 e. The highest BCUT2D eigenvalue weighted by atomic mass is 16.5. The first-order valence-electron chi connectivity index (χ1n) is 8.27. The molecule has 1 aliphatic heterocycles. The van der Waals surface area contributed by atoms with E-state index in [1.165, 1.54) is 11.1 Å². The van der Waals surface area contributed by atoms with E-state index in [9.17, 15) is 5.11 Å². The summed E-state index contributed by atoms with van der Waals surface area (Å²) < 4.78 is 5.30. The highest BCUT2D eigenvalue weighted by molar-refractivity contribution is 5.29. The number of rotatable bonds is 5. The number of hydrogen-bond donors (Lipinski definition) is 1. The molecule has 122 valence electrons. The van der Waals surface area contributed by atoms with E-state index < -0.39 is 0 Å². The Hall–Kier alpha value is -1.84. The number of aliphatic hydroxyl groups is 1. The molecule has 0 aromatic heterocycles. The third-order valence-corrected chi connectivity index (χ3v) is 5.04. The molecular weight excluding hydrogens is 286 g/mol. The number of aliphatic hydroxyl groups excluding tert-OH is 1. The van der Waals surface area contributed by atoms with Crippen LogP contribution in [-0.4, -0.2) is 36.8 Å². The average Bonchev–Trinajstić information content (AvgIpc) is 2.63. The summed E-state index contributed by atoms with van der Waals surface area (Å²) in [7, 11) is 1.70. The molecule has 0 spiro atoms. The van der Waals surface area contributed by atoms with Crippen LogP contribution in [0.4, 0.5) is 0 Å². The van der Waals surface area contributed by atoms with E-state index >= 15 is 0 Å². The topological polar surface area (TPSA) is 32.7 Å². The van der Waals surface area contributed by atoms with Crippen molar-refractivity contribution in [1.82, 2.24) is 4.90 Å². The van der Waals surface area contributed by atoms with Gasteiger partial charge in [-0.1, -0.05) is 42.5 Å². The Kier molecular flexibility index (Phi) is 4.99. The molecule has 23 heavy (non-hydrogen) atoms. The number of methoxy groups -OCH3 is 1. The molecule has 0 bridgehead atoms. The highest BCUT2D eigenvalue weighted by Crippen LogP contribution is 2.35. The van der Waals surface area contributed by atoms with Crippen LogP contribution < -0.4 is 4.74 Å². The van der Waals surface area contributed by atoms with E-state index in [0.29, 0.717) is 0 Å². The smallest absolute Gasteiger partial charge is 0.119 e. The van der Waals surface area contributed by atoms with Gasteiger partial charge in [-0.25, -0.2) is 0 Å². The van der Waals surface area contributed by atoms with Crippen molar-refractivity contribution in [1.29, 1.82) is 0 Å². The first-order valence-corrected chi connectivity index (χ1v) is 8.27. The molecule has 0 amide bonds. The molecule has 3 heteroatoms. The Labute approximate surface area is 138 Å². The Morgan fingerprint density at radius 1 is 1.04 bits per heavy atom. The molecule has 2 aromatic carbocycles. The summed E-state index contributed by atoms with van der Waals surface area (Å²) in [4.78, 5) is 2.46. The van der Waals surface area contributed by atoms with Crippen LogP contribution in [0.25, 0.3) is 0 Å². The summed E-state index contributed by atoms with van der Waals surface area (Å²) in [5.74, 6) is 0.911. The average molecular weight is 311 g/mol. The molecule has 0 aliphatic carbocycles. The fourth-order valence-corrected chi connectivity index (χ4v) is 3.50. The van der Waals surface area contributed by atoms with Gasteiger partial charge in [-0.3, -0.25) is 4.90 Å². The van der Waals surface area contributed by atoms with Gasteiger partial charge in [0.15, 0.2) is 0 Å². The third kappa shape index (κ3) is 3.57.